The predicted octanol–water partition coefficient (Wildman–Crippen LogP) is 2.86. The molecule has 0 bridgehead atoms. The van der Waals surface area contributed by atoms with E-state index in [4.69, 9.17) is 9.47 Å². The molecule has 6 nitrogen and oxygen atoms in total. The molecule has 110 valence electrons. The van der Waals surface area contributed by atoms with E-state index in [1.807, 2.05) is 39.1 Å². The fourth-order valence-corrected chi connectivity index (χ4v) is 2.20. The summed E-state index contributed by atoms with van der Waals surface area (Å²) in [5.74, 6) is 3.95. The van der Waals surface area contributed by atoms with Crippen molar-refractivity contribution in [1.82, 2.24) is 9.97 Å². The van der Waals surface area contributed by atoms with Gasteiger partial charge in [0.25, 0.3) is 0 Å². The second-order valence-corrected chi connectivity index (χ2v) is 4.76. The van der Waals surface area contributed by atoms with Crippen molar-refractivity contribution in [2.45, 2.75) is 20.3 Å². The molecule has 1 aromatic heterocycles. The van der Waals surface area contributed by atoms with E-state index in [0.29, 0.717) is 0 Å². The lowest BCUT2D eigenvalue weighted by atomic mass is 10.2. The minimum atomic E-state index is 0.273. The van der Waals surface area contributed by atoms with Crippen LogP contribution in [0.15, 0.2) is 18.2 Å². The Morgan fingerprint density at radius 3 is 2.67 bits per heavy atom. The van der Waals surface area contributed by atoms with Gasteiger partial charge in [0.1, 0.15) is 17.5 Å². The molecule has 0 spiro atoms. The fraction of sp³-hybridized carbons (Fsp3) is 0.333. The lowest BCUT2D eigenvalue weighted by Crippen LogP contribution is -2.06. The highest BCUT2D eigenvalue weighted by Crippen LogP contribution is 2.35. The van der Waals surface area contributed by atoms with Crippen molar-refractivity contribution in [1.29, 1.82) is 0 Å². The number of rotatable bonds is 4. The van der Waals surface area contributed by atoms with Crippen LogP contribution in [-0.2, 0) is 6.42 Å². The number of benzene rings is 1. The van der Waals surface area contributed by atoms with Gasteiger partial charge in [-0.15, -0.1) is 0 Å². The molecule has 1 aromatic carbocycles. The number of anilines is 3. The largest absolute Gasteiger partial charge is 0.454 e. The van der Waals surface area contributed by atoms with Crippen molar-refractivity contribution in [3.8, 4) is 11.5 Å². The first kappa shape index (κ1) is 13.5. The molecule has 2 aromatic rings. The summed E-state index contributed by atoms with van der Waals surface area (Å²) in [5, 5.41) is 6.43. The van der Waals surface area contributed by atoms with Gasteiger partial charge in [0, 0.05) is 30.8 Å². The second kappa shape index (κ2) is 5.47. The topological polar surface area (TPSA) is 68.3 Å². The van der Waals surface area contributed by atoms with Crippen molar-refractivity contribution in [3.05, 3.63) is 29.6 Å². The molecule has 0 radical (unpaired) electrons. The van der Waals surface area contributed by atoms with Crippen LogP contribution in [0.1, 0.15) is 18.3 Å². The summed E-state index contributed by atoms with van der Waals surface area (Å²) in [6, 6.07) is 5.75. The number of ether oxygens (including phenoxy) is 2. The van der Waals surface area contributed by atoms with E-state index in [1.165, 1.54) is 0 Å². The first-order chi connectivity index (χ1) is 10.2. The summed E-state index contributed by atoms with van der Waals surface area (Å²) in [4.78, 5) is 9.02. The third-order valence-corrected chi connectivity index (χ3v) is 3.38. The quantitative estimate of drug-likeness (QED) is 0.900. The first-order valence-corrected chi connectivity index (χ1v) is 6.93. The van der Waals surface area contributed by atoms with Gasteiger partial charge < -0.3 is 20.1 Å². The fourth-order valence-electron chi connectivity index (χ4n) is 2.20. The van der Waals surface area contributed by atoms with E-state index in [-0.39, 0.29) is 6.79 Å². The molecule has 1 aliphatic rings. The summed E-state index contributed by atoms with van der Waals surface area (Å²) in [6.45, 7) is 4.30. The third-order valence-electron chi connectivity index (χ3n) is 3.38. The number of hydrogen-bond donors (Lipinski definition) is 2. The minimum absolute atomic E-state index is 0.273. The maximum Gasteiger partial charge on any atom is 0.231 e. The van der Waals surface area contributed by atoms with Gasteiger partial charge in [-0.05, 0) is 19.1 Å². The van der Waals surface area contributed by atoms with Crippen LogP contribution in [0.25, 0.3) is 0 Å². The first-order valence-electron chi connectivity index (χ1n) is 6.93. The van der Waals surface area contributed by atoms with E-state index in [9.17, 15) is 0 Å². The molecule has 0 unspecified atom stereocenters. The Morgan fingerprint density at radius 1 is 1.14 bits per heavy atom. The maximum atomic E-state index is 5.39. The SMILES string of the molecule is CCc1nc(NC)c(C)c(Nc2ccc3c(c2)OCO3)n1. The number of aryl methyl sites for hydroxylation is 1. The van der Waals surface area contributed by atoms with Crippen LogP contribution in [0.4, 0.5) is 17.3 Å². The molecule has 2 heterocycles. The Bertz CT molecular complexity index is 673. The number of nitrogens with one attached hydrogen (secondary N) is 2. The molecule has 21 heavy (non-hydrogen) atoms. The number of nitrogens with zero attached hydrogens (tertiary/aromatic N) is 2. The lowest BCUT2D eigenvalue weighted by molar-refractivity contribution is 0.174. The van der Waals surface area contributed by atoms with Crippen LogP contribution in [0.3, 0.4) is 0 Å². The molecule has 0 amide bonds. The van der Waals surface area contributed by atoms with Crippen molar-refractivity contribution in [2.24, 2.45) is 0 Å². The highest BCUT2D eigenvalue weighted by molar-refractivity contribution is 5.67. The van der Waals surface area contributed by atoms with Gasteiger partial charge in [0.05, 0.1) is 0 Å². The zero-order chi connectivity index (χ0) is 14.8. The van der Waals surface area contributed by atoms with Crippen LogP contribution in [0.2, 0.25) is 0 Å². The molecule has 1 aliphatic heterocycles. The number of aromatic nitrogens is 2. The minimum Gasteiger partial charge on any atom is -0.454 e. The molecular weight excluding hydrogens is 268 g/mol. The average molecular weight is 286 g/mol. The van der Waals surface area contributed by atoms with E-state index < -0.39 is 0 Å². The Hall–Kier alpha value is -2.50. The average Bonchev–Trinajstić information content (AvgIpc) is 2.97. The molecule has 2 N–H and O–H groups in total. The van der Waals surface area contributed by atoms with Gasteiger partial charge >= 0.3 is 0 Å². The van der Waals surface area contributed by atoms with Gasteiger partial charge in [-0.1, -0.05) is 6.92 Å². The maximum absolute atomic E-state index is 5.39. The summed E-state index contributed by atoms with van der Waals surface area (Å²) in [6.07, 6.45) is 0.783. The summed E-state index contributed by atoms with van der Waals surface area (Å²) < 4.78 is 10.7. The van der Waals surface area contributed by atoms with E-state index >= 15 is 0 Å². The molecular formula is C15H18N4O2. The van der Waals surface area contributed by atoms with Crippen molar-refractivity contribution < 1.29 is 9.47 Å². The Morgan fingerprint density at radius 2 is 1.90 bits per heavy atom. The molecule has 0 fully saturated rings. The smallest absolute Gasteiger partial charge is 0.231 e. The van der Waals surface area contributed by atoms with Gasteiger partial charge in [0.2, 0.25) is 6.79 Å². The molecule has 3 rings (SSSR count). The monoisotopic (exact) mass is 286 g/mol. The van der Waals surface area contributed by atoms with Crippen LogP contribution < -0.4 is 20.1 Å². The van der Waals surface area contributed by atoms with Gasteiger partial charge in [-0.2, -0.15) is 0 Å². The zero-order valence-corrected chi connectivity index (χ0v) is 12.4. The second-order valence-electron chi connectivity index (χ2n) is 4.76. The van der Waals surface area contributed by atoms with Gasteiger partial charge in [-0.3, -0.25) is 0 Å². The number of hydrogen-bond acceptors (Lipinski definition) is 6. The summed E-state index contributed by atoms with van der Waals surface area (Å²) >= 11 is 0. The van der Waals surface area contributed by atoms with Gasteiger partial charge in [-0.25, -0.2) is 9.97 Å². The summed E-state index contributed by atoms with van der Waals surface area (Å²) in [7, 11) is 1.86. The van der Waals surface area contributed by atoms with Crippen molar-refractivity contribution in [2.75, 3.05) is 24.5 Å². The molecule has 0 atom stereocenters. The van der Waals surface area contributed by atoms with Gasteiger partial charge in [0.15, 0.2) is 11.5 Å². The molecule has 0 saturated carbocycles. The highest BCUT2D eigenvalue weighted by atomic mass is 16.7. The van der Waals surface area contributed by atoms with Crippen LogP contribution in [0, 0.1) is 6.92 Å². The Labute approximate surface area is 123 Å². The highest BCUT2D eigenvalue weighted by Gasteiger charge is 2.15. The molecule has 0 saturated heterocycles. The Kier molecular flexibility index (Phi) is 3.51. The van der Waals surface area contributed by atoms with Crippen LogP contribution in [-0.4, -0.2) is 23.8 Å². The van der Waals surface area contributed by atoms with E-state index in [2.05, 4.69) is 20.6 Å². The third kappa shape index (κ3) is 2.56. The number of fused-ring (bicyclic) bond motifs is 1. The van der Waals surface area contributed by atoms with E-state index in [1.54, 1.807) is 0 Å². The van der Waals surface area contributed by atoms with Crippen LogP contribution in [0.5, 0.6) is 11.5 Å². The van der Waals surface area contributed by atoms with Crippen LogP contribution >= 0.6 is 0 Å². The van der Waals surface area contributed by atoms with Crippen molar-refractivity contribution in [3.63, 3.8) is 0 Å². The normalized spacial score (nSPS) is 12.3. The van der Waals surface area contributed by atoms with Crippen molar-refractivity contribution >= 4 is 17.3 Å². The van der Waals surface area contributed by atoms with E-state index in [0.717, 1.165) is 46.6 Å². The predicted molar refractivity (Wildman–Crippen MR) is 81.5 cm³/mol. The Balaban J connectivity index is 1.94. The standard InChI is InChI=1S/C15H18N4O2/c1-4-13-18-14(16-3)9(2)15(19-13)17-10-5-6-11-12(7-10)21-8-20-11/h5-7H,4,8H2,1-3H3,(H2,16,17,18,19). The zero-order valence-electron chi connectivity index (χ0n) is 12.4. The molecule has 0 aliphatic carbocycles. The lowest BCUT2D eigenvalue weighted by Gasteiger charge is -2.13. The molecule has 6 heteroatoms. The summed E-state index contributed by atoms with van der Waals surface area (Å²) in [5.41, 5.74) is 1.89.